The van der Waals surface area contributed by atoms with Crippen molar-refractivity contribution in [2.45, 2.75) is 25.7 Å². The minimum absolute atomic E-state index is 0.139. The number of benzene rings is 2. The van der Waals surface area contributed by atoms with Crippen LogP contribution >= 0.6 is 0 Å². The van der Waals surface area contributed by atoms with E-state index in [0.29, 0.717) is 26.1 Å². The average molecular weight is 340 g/mol. The van der Waals surface area contributed by atoms with Gasteiger partial charge in [0.25, 0.3) is 0 Å². The molecule has 1 unspecified atom stereocenters. The first-order valence-electron chi connectivity index (χ1n) is 8.79. The van der Waals surface area contributed by atoms with E-state index in [1.54, 1.807) is 7.11 Å². The molecule has 25 heavy (non-hydrogen) atoms. The standard InChI is InChI=1S/C21H28N2O2/c1-17(19-9-6-10-20(16-19)25-2)15-21(24)23(14-12-22)13-11-18-7-4-3-5-8-18/h3-10,16-17H,11-15,22H2,1-2H3. The summed E-state index contributed by atoms with van der Waals surface area (Å²) in [7, 11) is 1.65. The van der Waals surface area contributed by atoms with Gasteiger partial charge in [0.2, 0.25) is 5.91 Å². The Morgan fingerprint density at radius 1 is 1.12 bits per heavy atom. The van der Waals surface area contributed by atoms with Crippen LogP contribution in [0.25, 0.3) is 0 Å². The van der Waals surface area contributed by atoms with Crippen LogP contribution in [0.4, 0.5) is 0 Å². The van der Waals surface area contributed by atoms with Crippen molar-refractivity contribution >= 4 is 5.91 Å². The summed E-state index contributed by atoms with van der Waals surface area (Å²) in [6.45, 7) is 3.85. The predicted octanol–water partition coefficient (Wildman–Crippen LogP) is 3.22. The maximum atomic E-state index is 12.7. The van der Waals surface area contributed by atoms with E-state index in [4.69, 9.17) is 10.5 Å². The molecule has 0 saturated heterocycles. The molecular formula is C21H28N2O2. The molecule has 2 rings (SSSR count). The van der Waals surface area contributed by atoms with Crippen LogP contribution in [-0.4, -0.2) is 37.6 Å². The lowest BCUT2D eigenvalue weighted by Gasteiger charge is -2.24. The second kappa shape index (κ2) is 9.84. The van der Waals surface area contributed by atoms with Crippen LogP contribution < -0.4 is 10.5 Å². The normalized spacial score (nSPS) is 11.8. The smallest absolute Gasteiger partial charge is 0.223 e. The van der Waals surface area contributed by atoms with Crippen LogP contribution in [0, 0.1) is 0 Å². The van der Waals surface area contributed by atoms with Gasteiger partial charge in [-0.15, -0.1) is 0 Å². The number of nitrogens with zero attached hydrogens (tertiary/aromatic N) is 1. The molecule has 134 valence electrons. The summed E-state index contributed by atoms with van der Waals surface area (Å²) in [4.78, 5) is 14.6. The van der Waals surface area contributed by atoms with Crippen LogP contribution in [0.2, 0.25) is 0 Å². The number of nitrogens with two attached hydrogens (primary N) is 1. The van der Waals surface area contributed by atoms with Crippen LogP contribution in [0.3, 0.4) is 0 Å². The highest BCUT2D eigenvalue weighted by Gasteiger charge is 2.17. The van der Waals surface area contributed by atoms with Gasteiger partial charge < -0.3 is 15.4 Å². The molecule has 2 aromatic carbocycles. The van der Waals surface area contributed by atoms with Gasteiger partial charge in [0.1, 0.15) is 5.75 Å². The highest BCUT2D eigenvalue weighted by Crippen LogP contribution is 2.24. The number of hydrogen-bond donors (Lipinski definition) is 1. The van der Waals surface area contributed by atoms with Crippen LogP contribution in [0.1, 0.15) is 30.4 Å². The molecule has 0 saturated carbocycles. The minimum Gasteiger partial charge on any atom is -0.497 e. The number of methoxy groups -OCH3 is 1. The lowest BCUT2D eigenvalue weighted by molar-refractivity contribution is -0.131. The summed E-state index contributed by atoms with van der Waals surface area (Å²) < 4.78 is 5.27. The van der Waals surface area contributed by atoms with Gasteiger partial charge in [0, 0.05) is 26.1 Å². The van der Waals surface area contributed by atoms with E-state index >= 15 is 0 Å². The van der Waals surface area contributed by atoms with Gasteiger partial charge in [0.15, 0.2) is 0 Å². The zero-order chi connectivity index (χ0) is 18.1. The number of ether oxygens (including phenoxy) is 1. The van der Waals surface area contributed by atoms with Crippen molar-refractivity contribution in [1.82, 2.24) is 4.90 Å². The Morgan fingerprint density at radius 2 is 1.88 bits per heavy atom. The number of amides is 1. The molecule has 2 N–H and O–H groups in total. The minimum atomic E-state index is 0.139. The lowest BCUT2D eigenvalue weighted by atomic mass is 9.97. The van der Waals surface area contributed by atoms with Crippen LogP contribution in [-0.2, 0) is 11.2 Å². The number of carbonyl (C=O) groups is 1. The van der Waals surface area contributed by atoms with Gasteiger partial charge in [-0.3, -0.25) is 4.79 Å². The summed E-state index contributed by atoms with van der Waals surface area (Å²) in [5.41, 5.74) is 8.05. The van der Waals surface area contributed by atoms with E-state index in [-0.39, 0.29) is 11.8 Å². The Hall–Kier alpha value is -2.33. The molecule has 0 spiro atoms. The fourth-order valence-electron chi connectivity index (χ4n) is 2.88. The molecular weight excluding hydrogens is 312 g/mol. The van der Waals surface area contributed by atoms with Crippen molar-refractivity contribution in [2.24, 2.45) is 5.73 Å². The second-order valence-electron chi connectivity index (χ2n) is 6.29. The van der Waals surface area contributed by atoms with E-state index in [1.165, 1.54) is 5.56 Å². The molecule has 1 atom stereocenters. The lowest BCUT2D eigenvalue weighted by Crippen LogP contribution is -2.37. The molecule has 2 aromatic rings. The van der Waals surface area contributed by atoms with Gasteiger partial charge >= 0.3 is 0 Å². The van der Waals surface area contributed by atoms with Crippen molar-refractivity contribution < 1.29 is 9.53 Å². The van der Waals surface area contributed by atoms with Crippen LogP contribution in [0.5, 0.6) is 5.75 Å². The number of rotatable bonds is 9. The topological polar surface area (TPSA) is 55.6 Å². The fraction of sp³-hybridized carbons (Fsp3) is 0.381. The molecule has 0 aliphatic carbocycles. The first-order chi connectivity index (χ1) is 12.1. The first-order valence-corrected chi connectivity index (χ1v) is 8.79. The van der Waals surface area contributed by atoms with Crippen LogP contribution in [0.15, 0.2) is 54.6 Å². The highest BCUT2D eigenvalue weighted by atomic mass is 16.5. The molecule has 0 heterocycles. The summed E-state index contributed by atoms with van der Waals surface area (Å²) in [5, 5.41) is 0. The Kier molecular flexibility index (Phi) is 7.48. The summed E-state index contributed by atoms with van der Waals surface area (Å²) in [5.74, 6) is 1.11. The summed E-state index contributed by atoms with van der Waals surface area (Å²) in [6.07, 6.45) is 1.32. The van der Waals surface area contributed by atoms with Gasteiger partial charge in [-0.25, -0.2) is 0 Å². The van der Waals surface area contributed by atoms with Gasteiger partial charge in [-0.2, -0.15) is 0 Å². The molecule has 1 amide bonds. The van der Waals surface area contributed by atoms with E-state index in [9.17, 15) is 4.79 Å². The van der Waals surface area contributed by atoms with Crippen molar-refractivity contribution in [2.75, 3.05) is 26.7 Å². The van der Waals surface area contributed by atoms with Crippen molar-refractivity contribution in [3.8, 4) is 5.75 Å². The molecule has 0 bridgehead atoms. The summed E-state index contributed by atoms with van der Waals surface area (Å²) in [6, 6.07) is 18.1. The zero-order valence-electron chi connectivity index (χ0n) is 15.2. The van der Waals surface area contributed by atoms with E-state index in [2.05, 4.69) is 19.1 Å². The third-order valence-electron chi connectivity index (χ3n) is 4.41. The van der Waals surface area contributed by atoms with Crippen molar-refractivity contribution in [3.05, 3.63) is 65.7 Å². The number of hydrogen-bond acceptors (Lipinski definition) is 3. The fourth-order valence-corrected chi connectivity index (χ4v) is 2.88. The van der Waals surface area contributed by atoms with Gasteiger partial charge in [-0.05, 0) is 35.6 Å². The molecule has 4 nitrogen and oxygen atoms in total. The Bertz CT molecular complexity index is 658. The molecule has 4 heteroatoms. The second-order valence-corrected chi connectivity index (χ2v) is 6.29. The van der Waals surface area contributed by atoms with E-state index < -0.39 is 0 Å². The molecule has 0 radical (unpaired) electrons. The monoisotopic (exact) mass is 340 g/mol. The predicted molar refractivity (Wildman–Crippen MR) is 102 cm³/mol. The van der Waals surface area contributed by atoms with Crippen molar-refractivity contribution in [1.29, 1.82) is 0 Å². The zero-order valence-corrected chi connectivity index (χ0v) is 15.2. The molecule has 0 fully saturated rings. The van der Waals surface area contributed by atoms with E-state index in [0.717, 1.165) is 17.7 Å². The highest BCUT2D eigenvalue weighted by molar-refractivity contribution is 5.77. The molecule has 0 aliphatic heterocycles. The van der Waals surface area contributed by atoms with E-state index in [1.807, 2.05) is 47.4 Å². The molecule has 0 aromatic heterocycles. The Labute approximate surface area is 150 Å². The third-order valence-corrected chi connectivity index (χ3v) is 4.41. The SMILES string of the molecule is COc1cccc(C(C)CC(=O)N(CCN)CCc2ccccc2)c1. The number of carbonyl (C=O) groups excluding carboxylic acids is 1. The summed E-state index contributed by atoms with van der Waals surface area (Å²) >= 11 is 0. The average Bonchev–Trinajstić information content (AvgIpc) is 2.65. The Balaban J connectivity index is 1.96. The quantitative estimate of drug-likeness (QED) is 0.762. The maximum Gasteiger partial charge on any atom is 0.223 e. The third kappa shape index (κ3) is 5.91. The maximum absolute atomic E-state index is 12.7. The Morgan fingerprint density at radius 3 is 2.56 bits per heavy atom. The molecule has 0 aliphatic rings. The first kappa shape index (κ1) is 19.0. The largest absolute Gasteiger partial charge is 0.497 e. The van der Waals surface area contributed by atoms with Gasteiger partial charge in [-0.1, -0.05) is 49.4 Å². The van der Waals surface area contributed by atoms with Gasteiger partial charge in [0.05, 0.1) is 7.11 Å². The van der Waals surface area contributed by atoms with Crippen molar-refractivity contribution in [3.63, 3.8) is 0 Å².